The lowest BCUT2D eigenvalue weighted by Crippen LogP contribution is -2.37. The molecule has 1 aromatic carbocycles. The van der Waals surface area contributed by atoms with Crippen LogP contribution in [0.4, 0.5) is 0 Å². The summed E-state index contributed by atoms with van der Waals surface area (Å²) in [5, 5.41) is 5.71. The third-order valence-corrected chi connectivity index (χ3v) is 5.62. The Balaban J connectivity index is 1.61. The molecule has 0 bridgehead atoms. The highest BCUT2D eigenvalue weighted by Gasteiger charge is 2.28. The van der Waals surface area contributed by atoms with E-state index in [4.69, 9.17) is 16.3 Å². The van der Waals surface area contributed by atoms with Crippen molar-refractivity contribution in [2.75, 3.05) is 6.54 Å². The predicted molar refractivity (Wildman–Crippen MR) is 128 cm³/mol. The van der Waals surface area contributed by atoms with Crippen molar-refractivity contribution in [3.8, 4) is 29.4 Å². The molecule has 1 saturated heterocycles. The van der Waals surface area contributed by atoms with Crippen molar-refractivity contribution < 1.29 is 9.53 Å². The monoisotopic (exact) mass is 439 g/mol. The van der Waals surface area contributed by atoms with E-state index in [1.807, 2.05) is 46.8 Å². The number of carbonyl (C=O) groups excluding carboxylic acids is 1. The minimum absolute atomic E-state index is 0.0445. The van der Waals surface area contributed by atoms with Crippen LogP contribution in [0.1, 0.15) is 19.8 Å². The van der Waals surface area contributed by atoms with Crippen molar-refractivity contribution in [3.05, 3.63) is 73.4 Å². The first kappa shape index (κ1) is 22.0. The fourth-order valence-corrected chi connectivity index (χ4v) is 4.03. The number of hydrogen-bond donors (Lipinski definition) is 0. The standard InChI is InChI=1S/C26H25N5O2/c1-4-7-10-21(5-2)33-22-13-11-19(12-14-22)25-23-16-27-18-28-26(23)31(29-25)17-20-9-8-15-30(20)24(32)6-3/h1,5-7,10-14,16,18,20H,3,8-9,15,17H2,2H3/b10-7-,21-5+/t20-/m0/s1. The van der Waals surface area contributed by atoms with Crippen LogP contribution >= 0.6 is 0 Å². The number of hydrogen-bond acceptors (Lipinski definition) is 5. The van der Waals surface area contributed by atoms with Gasteiger partial charge in [-0.1, -0.05) is 12.5 Å². The van der Waals surface area contributed by atoms with E-state index in [-0.39, 0.29) is 11.9 Å². The molecule has 3 aromatic rings. The Morgan fingerprint density at radius 1 is 1.36 bits per heavy atom. The summed E-state index contributed by atoms with van der Waals surface area (Å²) in [5.41, 5.74) is 2.46. The van der Waals surface area contributed by atoms with Crippen molar-refractivity contribution in [1.82, 2.24) is 24.6 Å². The molecule has 33 heavy (non-hydrogen) atoms. The van der Waals surface area contributed by atoms with Crippen LogP contribution in [0.25, 0.3) is 22.3 Å². The van der Waals surface area contributed by atoms with Gasteiger partial charge in [-0.3, -0.25) is 4.79 Å². The highest BCUT2D eigenvalue weighted by Crippen LogP contribution is 2.29. The molecular formula is C26H25N5O2. The van der Waals surface area contributed by atoms with Gasteiger partial charge in [-0.25, -0.2) is 14.6 Å². The number of amides is 1. The average molecular weight is 440 g/mol. The third kappa shape index (κ3) is 4.70. The molecular weight excluding hydrogens is 414 g/mol. The Bertz CT molecular complexity index is 1260. The van der Waals surface area contributed by atoms with Crippen LogP contribution in [0, 0.1) is 12.3 Å². The zero-order valence-corrected chi connectivity index (χ0v) is 18.5. The van der Waals surface area contributed by atoms with Crippen molar-refractivity contribution in [2.45, 2.75) is 32.4 Å². The van der Waals surface area contributed by atoms with E-state index in [9.17, 15) is 4.79 Å². The smallest absolute Gasteiger partial charge is 0.246 e. The SMILES string of the molecule is C#C/C=C\C(=C/C)Oc1ccc(-c2nn(C[C@@H]3CCCN3C(=O)C=C)c3ncncc23)cc1. The van der Waals surface area contributed by atoms with Gasteiger partial charge in [0.15, 0.2) is 5.65 Å². The van der Waals surface area contributed by atoms with Crippen molar-refractivity contribution >= 4 is 16.9 Å². The Kier molecular flexibility index (Phi) is 6.65. The first-order chi connectivity index (χ1) is 16.1. The first-order valence-corrected chi connectivity index (χ1v) is 10.8. The molecule has 0 N–H and O–H groups in total. The molecule has 4 rings (SSSR count). The number of nitrogens with zero attached hydrogens (tertiary/aromatic N) is 5. The number of benzene rings is 1. The molecule has 7 nitrogen and oxygen atoms in total. The van der Waals surface area contributed by atoms with Gasteiger partial charge in [0.25, 0.3) is 0 Å². The minimum Gasteiger partial charge on any atom is -0.458 e. The summed E-state index contributed by atoms with van der Waals surface area (Å²) in [6, 6.07) is 7.75. The summed E-state index contributed by atoms with van der Waals surface area (Å²) in [6.07, 6.45) is 17.0. The lowest BCUT2D eigenvalue weighted by molar-refractivity contribution is -0.127. The van der Waals surface area contributed by atoms with Crippen LogP contribution in [0.3, 0.4) is 0 Å². The van der Waals surface area contributed by atoms with Gasteiger partial charge in [0.2, 0.25) is 5.91 Å². The van der Waals surface area contributed by atoms with Crippen LogP contribution in [-0.4, -0.2) is 43.1 Å². The second-order valence-corrected chi connectivity index (χ2v) is 7.64. The molecule has 7 heteroatoms. The van der Waals surface area contributed by atoms with Crippen LogP contribution in [0.2, 0.25) is 0 Å². The van der Waals surface area contributed by atoms with E-state index in [0.717, 1.165) is 41.7 Å². The van der Waals surface area contributed by atoms with E-state index < -0.39 is 0 Å². The molecule has 1 aliphatic rings. The molecule has 0 spiro atoms. The summed E-state index contributed by atoms with van der Waals surface area (Å²) in [7, 11) is 0. The van der Waals surface area contributed by atoms with Gasteiger partial charge >= 0.3 is 0 Å². The third-order valence-electron chi connectivity index (χ3n) is 5.62. The molecule has 0 aliphatic carbocycles. The maximum atomic E-state index is 12.2. The Morgan fingerprint density at radius 2 is 2.18 bits per heavy atom. The van der Waals surface area contributed by atoms with Crippen LogP contribution in [-0.2, 0) is 11.3 Å². The van der Waals surface area contributed by atoms with Crippen LogP contribution in [0.15, 0.2) is 73.4 Å². The number of allylic oxidation sites excluding steroid dienone is 3. The number of terminal acetylenes is 1. The van der Waals surface area contributed by atoms with Gasteiger partial charge in [-0.15, -0.1) is 6.42 Å². The number of likely N-dealkylation sites (tertiary alicyclic amines) is 1. The Labute approximate surface area is 193 Å². The van der Waals surface area contributed by atoms with E-state index in [1.165, 1.54) is 12.4 Å². The quantitative estimate of drug-likeness (QED) is 0.239. The lowest BCUT2D eigenvalue weighted by atomic mass is 10.1. The van der Waals surface area contributed by atoms with Crippen molar-refractivity contribution in [2.24, 2.45) is 0 Å². The molecule has 166 valence electrons. The number of ether oxygens (including phenoxy) is 1. The number of rotatable bonds is 7. The molecule has 0 unspecified atom stereocenters. The summed E-state index contributed by atoms with van der Waals surface area (Å²) in [6.45, 7) is 6.82. The minimum atomic E-state index is -0.0445. The van der Waals surface area contributed by atoms with E-state index in [1.54, 1.807) is 18.3 Å². The fraction of sp³-hybridized carbons (Fsp3) is 0.231. The zero-order chi connectivity index (χ0) is 23.2. The second-order valence-electron chi connectivity index (χ2n) is 7.64. The highest BCUT2D eigenvalue weighted by atomic mass is 16.5. The normalized spacial score (nSPS) is 16.3. The number of fused-ring (bicyclic) bond motifs is 1. The fourth-order valence-electron chi connectivity index (χ4n) is 4.03. The summed E-state index contributed by atoms with van der Waals surface area (Å²) in [5.74, 6) is 3.77. The van der Waals surface area contributed by atoms with E-state index >= 15 is 0 Å². The molecule has 1 atom stereocenters. The van der Waals surface area contributed by atoms with E-state index in [2.05, 4.69) is 22.5 Å². The Hall–Kier alpha value is -4.18. The lowest BCUT2D eigenvalue weighted by Gasteiger charge is -2.23. The van der Waals surface area contributed by atoms with Crippen LogP contribution < -0.4 is 4.74 Å². The van der Waals surface area contributed by atoms with Gasteiger partial charge in [0.05, 0.1) is 18.0 Å². The van der Waals surface area contributed by atoms with E-state index in [0.29, 0.717) is 18.1 Å². The molecule has 1 amide bonds. The van der Waals surface area contributed by atoms with Crippen molar-refractivity contribution in [1.29, 1.82) is 0 Å². The van der Waals surface area contributed by atoms with Gasteiger partial charge in [0, 0.05) is 18.3 Å². The average Bonchev–Trinajstić information content (AvgIpc) is 3.47. The molecule has 3 heterocycles. The zero-order valence-electron chi connectivity index (χ0n) is 18.5. The maximum Gasteiger partial charge on any atom is 0.246 e. The van der Waals surface area contributed by atoms with Gasteiger partial charge in [-0.05, 0) is 68.3 Å². The van der Waals surface area contributed by atoms with Gasteiger partial charge in [0.1, 0.15) is 23.5 Å². The van der Waals surface area contributed by atoms with Gasteiger partial charge < -0.3 is 9.64 Å². The predicted octanol–water partition coefficient (Wildman–Crippen LogP) is 4.14. The Morgan fingerprint density at radius 3 is 2.91 bits per heavy atom. The van der Waals surface area contributed by atoms with Crippen LogP contribution in [0.5, 0.6) is 5.75 Å². The largest absolute Gasteiger partial charge is 0.458 e. The topological polar surface area (TPSA) is 73.1 Å². The first-order valence-electron chi connectivity index (χ1n) is 10.8. The molecule has 1 fully saturated rings. The maximum absolute atomic E-state index is 12.2. The highest BCUT2D eigenvalue weighted by molar-refractivity contribution is 5.90. The number of aromatic nitrogens is 4. The molecule has 2 aromatic heterocycles. The number of carbonyl (C=O) groups is 1. The summed E-state index contributed by atoms with van der Waals surface area (Å²) >= 11 is 0. The second kappa shape index (κ2) is 9.96. The van der Waals surface area contributed by atoms with Gasteiger partial charge in [-0.2, -0.15) is 5.10 Å². The molecule has 0 saturated carbocycles. The molecule has 0 radical (unpaired) electrons. The van der Waals surface area contributed by atoms with Crippen molar-refractivity contribution in [3.63, 3.8) is 0 Å². The molecule has 1 aliphatic heterocycles. The summed E-state index contributed by atoms with van der Waals surface area (Å²) in [4.78, 5) is 22.7. The summed E-state index contributed by atoms with van der Waals surface area (Å²) < 4.78 is 7.74.